The van der Waals surface area contributed by atoms with E-state index in [4.69, 9.17) is 10.2 Å². The summed E-state index contributed by atoms with van der Waals surface area (Å²) in [4.78, 5) is 0. The van der Waals surface area contributed by atoms with Gasteiger partial charge in [-0.3, -0.25) is 0 Å². The number of hydrogen-bond acceptors (Lipinski definition) is 8. The van der Waals surface area contributed by atoms with Crippen LogP contribution in [-0.2, 0) is 39.7 Å². The molecule has 2 N–H and O–H groups in total. The Balaban J connectivity index is -0.000000218. The Morgan fingerprint density at radius 2 is 1.06 bits per heavy atom. The minimum Gasteiger partial charge on any atom is -0.746 e. The zero-order chi connectivity index (χ0) is 13.6. The van der Waals surface area contributed by atoms with Crippen molar-refractivity contribution in [3.63, 3.8) is 0 Å². The van der Waals surface area contributed by atoms with Crippen LogP contribution in [0.2, 0.25) is 0 Å². The summed E-state index contributed by atoms with van der Waals surface area (Å²) < 4.78 is 58.5. The number of aliphatic hydroxyl groups is 2. The maximum atomic E-state index is 9.76. The maximum Gasteiger partial charge on any atom is 2.00 e. The van der Waals surface area contributed by atoms with Crippen molar-refractivity contribution < 1.29 is 55.6 Å². The van der Waals surface area contributed by atoms with Crippen LogP contribution in [-0.4, -0.2) is 47.0 Å². The molecule has 0 aromatic rings. The van der Waals surface area contributed by atoms with Crippen LogP contribution in [0, 0.1) is 0 Å². The molecule has 0 rings (SSSR count). The first-order chi connectivity index (χ1) is 6.96. The zero-order valence-corrected chi connectivity index (χ0v) is 14.0. The predicted molar refractivity (Wildman–Crippen MR) is 52.0 cm³/mol. The van der Waals surface area contributed by atoms with Crippen molar-refractivity contribution in [2.75, 3.05) is 0 Å². The van der Waals surface area contributed by atoms with Gasteiger partial charge in [-0.2, -0.15) is 0 Å². The summed E-state index contributed by atoms with van der Waals surface area (Å²) in [5.41, 5.74) is -3.47. The van der Waals surface area contributed by atoms with E-state index in [9.17, 15) is 25.9 Å². The Labute approximate surface area is 113 Å². The van der Waals surface area contributed by atoms with Crippen molar-refractivity contribution in [1.82, 2.24) is 0 Å². The molecule has 2 unspecified atom stereocenters. The third kappa shape index (κ3) is 12.6. The Kier molecular flexibility index (Phi) is 12.3. The Bertz CT molecular complexity index is 337. The van der Waals surface area contributed by atoms with E-state index in [-0.39, 0.29) is 32.3 Å². The monoisotopic (exact) mass is 342 g/mol. The van der Waals surface area contributed by atoms with Gasteiger partial charge in [0.1, 0.15) is 31.1 Å². The molecule has 0 aromatic heterocycles. The van der Waals surface area contributed by atoms with Crippen molar-refractivity contribution in [1.29, 1.82) is 0 Å². The van der Waals surface area contributed by atoms with Gasteiger partial charge in [0.25, 0.3) is 0 Å². The van der Waals surface area contributed by atoms with E-state index in [1.165, 1.54) is 13.8 Å². The summed E-state index contributed by atoms with van der Waals surface area (Å²) in [6, 6.07) is 0. The van der Waals surface area contributed by atoms with Crippen LogP contribution in [0.25, 0.3) is 0 Å². The first-order valence-electron chi connectivity index (χ1n) is 4.22. The van der Waals surface area contributed by atoms with Crippen LogP contribution in [0.1, 0.15) is 26.7 Å². The van der Waals surface area contributed by atoms with E-state index < -0.39 is 31.1 Å². The predicted octanol–water partition coefficient (Wildman–Crippen LogP) is -1.48. The summed E-state index contributed by atoms with van der Waals surface area (Å²) in [7, 11) is -8.89. The fourth-order valence-electron chi connectivity index (χ4n) is 0.408. The molecule has 0 aromatic carbocycles. The summed E-state index contributed by atoms with van der Waals surface area (Å²) in [5.74, 6) is 0. The van der Waals surface area contributed by atoms with Crippen molar-refractivity contribution >= 4 is 20.2 Å². The molecule has 8 nitrogen and oxygen atoms in total. The second-order valence-electron chi connectivity index (χ2n) is 2.71. The molecule has 0 fully saturated rings. The van der Waals surface area contributed by atoms with E-state index >= 15 is 0 Å². The summed E-state index contributed by atoms with van der Waals surface area (Å²) in [6.07, 6.45) is -0.0995. The van der Waals surface area contributed by atoms with Crippen LogP contribution in [0.3, 0.4) is 0 Å². The first kappa shape index (κ1) is 22.5. The molecule has 0 saturated heterocycles. The quantitative estimate of drug-likeness (QED) is 0.462. The summed E-state index contributed by atoms with van der Waals surface area (Å²) in [5, 5.41) is 16.6. The molecule has 0 spiro atoms. The van der Waals surface area contributed by atoms with Gasteiger partial charge in [0.15, 0.2) is 0 Å². The van der Waals surface area contributed by atoms with Gasteiger partial charge in [-0.25, -0.2) is 16.8 Å². The van der Waals surface area contributed by atoms with Gasteiger partial charge in [-0.15, -0.1) is 0 Å². The number of aliphatic hydroxyl groups excluding tert-OH is 2. The molecule has 11 heteroatoms. The Morgan fingerprint density at radius 3 is 1.06 bits per heavy atom. The van der Waals surface area contributed by atoms with E-state index in [0.29, 0.717) is 0 Å². The Hall–Kier alpha value is 0.363. The van der Waals surface area contributed by atoms with E-state index in [1.807, 2.05) is 0 Å². The molecule has 2 atom stereocenters. The number of hydrogen-bond donors (Lipinski definition) is 2. The average Bonchev–Trinajstić information content (AvgIpc) is 2.13. The van der Waals surface area contributed by atoms with Crippen molar-refractivity contribution in [3.05, 3.63) is 0 Å². The minimum atomic E-state index is -4.45. The third-order valence-corrected chi connectivity index (χ3v) is 3.36. The second kappa shape index (κ2) is 9.31. The summed E-state index contributed by atoms with van der Waals surface area (Å²) in [6.45, 7) is 2.83. The normalized spacial score (nSPS) is 14.9. The third-order valence-electron chi connectivity index (χ3n) is 1.36. The van der Waals surface area contributed by atoms with Gasteiger partial charge in [-0.1, -0.05) is 13.8 Å². The van der Waals surface area contributed by atoms with E-state index in [1.54, 1.807) is 0 Å². The smallest absolute Gasteiger partial charge is 0.746 e. The fraction of sp³-hybridized carbons (Fsp3) is 1.00. The summed E-state index contributed by atoms with van der Waals surface area (Å²) >= 11 is 0. The SMILES string of the molecule is CCC(O)S(=O)(=O)[O-].CCC(O)S(=O)(=O)[O-].[Zn+2]. The maximum absolute atomic E-state index is 9.76. The van der Waals surface area contributed by atoms with Crippen LogP contribution >= 0.6 is 0 Å². The molecule has 0 heterocycles. The molecule has 0 aliphatic heterocycles. The van der Waals surface area contributed by atoms with Crippen molar-refractivity contribution in [3.8, 4) is 0 Å². The van der Waals surface area contributed by atoms with Gasteiger partial charge < -0.3 is 19.3 Å². The molecule has 0 radical (unpaired) electrons. The van der Waals surface area contributed by atoms with Crippen LogP contribution in [0.4, 0.5) is 0 Å². The Morgan fingerprint density at radius 1 is 0.882 bits per heavy atom. The second-order valence-corrected chi connectivity index (χ2v) is 5.77. The number of rotatable bonds is 4. The molecule has 0 saturated carbocycles. The molecular formula is C6H14O8S2Zn. The molecule has 17 heavy (non-hydrogen) atoms. The van der Waals surface area contributed by atoms with Gasteiger partial charge in [0, 0.05) is 0 Å². The van der Waals surface area contributed by atoms with Gasteiger partial charge in [-0.05, 0) is 12.8 Å². The molecule has 100 valence electrons. The fourth-order valence-corrected chi connectivity index (χ4v) is 1.22. The topological polar surface area (TPSA) is 155 Å². The molecule has 0 bridgehead atoms. The van der Waals surface area contributed by atoms with E-state index in [0.717, 1.165) is 0 Å². The van der Waals surface area contributed by atoms with Crippen LogP contribution < -0.4 is 0 Å². The molecule has 0 aliphatic carbocycles. The standard InChI is InChI=1S/2C3H8O4S.Zn/c2*1-2-3(4)8(5,6)7;/h2*3-4H,2H2,1H3,(H,5,6,7);/q;;+2/p-2. The largest absolute Gasteiger partial charge is 2.00 e. The molecule has 0 aliphatic rings. The van der Waals surface area contributed by atoms with Crippen molar-refractivity contribution in [2.45, 2.75) is 37.6 Å². The van der Waals surface area contributed by atoms with Crippen LogP contribution in [0.15, 0.2) is 0 Å². The molecule has 0 amide bonds. The molecular weight excluding hydrogens is 330 g/mol. The zero-order valence-electron chi connectivity index (χ0n) is 9.44. The average molecular weight is 344 g/mol. The minimum absolute atomic E-state index is 0. The van der Waals surface area contributed by atoms with Gasteiger partial charge >= 0.3 is 19.5 Å². The first-order valence-corrected chi connectivity index (χ1v) is 7.16. The van der Waals surface area contributed by atoms with Gasteiger partial charge in [0.05, 0.1) is 0 Å². The van der Waals surface area contributed by atoms with Gasteiger partial charge in [0.2, 0.25) is 0 Å². The van der Waals surface area contributed by atoms with E-state index in [2.05, 4.69) is 0 Å². The van der Waals surface area contributed by atoms with Crippen molar-refractivity contribution in [2.24, 2.45) is 0 Å². The van der Waals surface area contributed by atoms with Crippen LogP contribution in [0.5, 0.6) is 0 Å².